The van der Waals surface area contributed by atoms with Crippen LogP contribution >= 0.6 is 15.9 Å². The van der Waals surface area contributed by atoms with Gasteiger partial charge in [-0.05, 0) is 57.4 Å². The summed E-state index contributed by atoms with van der Waals surface area (Å²) in [5, 5.41) is 13.3. The van der Waals surface area contributed by atoms with Crippen LogP contribution in [0.4, 0.5) is 10.5 Å². The number of phenols is 1. The van der Waals surface area contributed by atoms with Crippen molar-refractivity contribution in [2.45, 2.75) is 39.2 Å². The molecule has 0 aliphatic rings. The van der Waals surface area contributed by atoms with E-state index in [1.807, 2.05) is 20.8 Å². The van der Waals surface area contributed by atoms with Gasteiger partial charge in [0.2, 0.25) is 0 Å². The second-order valence-electron chi connectivity index (χ2n) is 5.26. The molecule has 1 amide bonds. The maximum Gasteiger partial charge on any atom is 0.412 e. The number of phenolic OH excluding ortho intramolecular Hbond substituents is 1. The second-order valence-corrected chi connectivity index (χ2v) is 6.06. The third-order valence-electron chi connectivity index (χ3n) is 2.30. The van der Waals surface area contributed by atoms with Gasteiger partial charge in [0.15, 0.2) is 0 Å². The smallest absolute Gasteiger partial charge is 0.412 e. The molecule has 0 atom stereocenters. The Morgan fingerprint density at radius 3 is 2.68 bits per heavy atom. The Bertz CT molecular complexity index is 441. The third-order valence-corrected chi connectivity index (χ3v) is 2.87. The number of alkyl halides is 1. The predicted octanol–water partition coefficient (Wildman–Crippen LogP) is 4.07. The SMILES string of the molecule is CC(C)(C)OC(=O)Nc1ccc(O)c(CCCBr)c1. The number of amides is 1. The number of aromatic hydroxyl groups is 1. The molecule has 0 spiro atoms. The normalized spacial score (nSPS) is 11.2. The van der Waals surface area contributed by atoms with Crippen LogP contribution in [0.3, 0.4) is 0 Å². The van der Waals surface area contributed by atoms with Crippen molar-refractivity contribution in [2.24, 2.45) is 0 Å². The summed E-state index contributed by atoms with van der Waals surface area (Å²) in [4.78, 5) is 11.6. The first-order valence-electron chi connectivity index (χ1n) is 6.19. The lowest BCUT2D eigenvalue weighted by Gasteiger charge is -2.19. The Balaban J connectivity index is 2.71. The van der Waals surface area contributed by atoms with Crippen LogP contribution in [-0.2, 0) is 11.2 Å². The van der Waals surface area contributed by atoms with Gasteiger partial charge in [-0.25, -0.2) is 4.79 Å². The van der Waals surface area contributed by atoms with Gasteiger partial charge in [0.05, 0.1) is 0 Å². The molecule has 1 rings (SSSR count). The largest absolute Gasteiger partial charge is 0.508 e. The fourth-order valence-electron chi connectivity index (χ4n) is 1.54. The monoisotopic (exact) mass is 329 g/mol. The molecule has 1 aromatic carbocycles. The highest BCUT2D eigenvalue weighted by atomic mass is 79.9. The van der Waals surface area contributed by atoms with Gasteiger partial charge in [0, 0.05) is 11.0 Å². The molecule has 106 valence electrons. The summed E-state index contributed by atoms with van der Waals surface area (Å²) in [6.07, 6.45) is 1.18. The Morgan fingerprint density at radius 2 is 2.11 bits per heavy atom. The van der Waals surface area contributed by atoms with Crippen LogP contribution in [-0.4, -0.2) is 22.1 Å². The summed E-state index contributed by atoms with van der Waals surface area (Å²) in [5.74, 6) is 0.246. The fourth-order valence-corrected chi connectivity index (χ4v) is 1.82. The first kappa shape index (κ1) is 15.8. The topological polar surface area (TPSA) is 58.6 Å². The zero-order valence-corrected chi connectivity index (χ0v) is 13.1. The summed E-state index contributed by atoms with van der Waals surface area (Å²) in [6.45, 7) is 5.43. The van der Waals surface area contributed by atoms with Crippen LogP contribution in [0.5, 0.6) is 5.75 Å². The summed E-state index contributed by atoms with van der Waals surface area (Å²) in [7, 11) is 0. The maximum absolute atomic E-state index is 11.6. The van der Waals surface area contributed by atoms with Crippen molar-refractivity contribution >= 4 is 27.7 Å². The van der Waals surface area contributed by atoms with Crippen molar-refractivity contribution in [3.05, 3.63) is 23.8 Å². The fraction of sp³-hybridized carbons (Fsp3) is 0.500. The van der Waals surface area contributed by atoms with E-state index in [2.05, 4.69) is 21.2 Å². The highest BCUT2D eigenvalue weighted by Crippen LogP contribution is 2.23. The number of ether oxygens (including phenoxy) is 1. The van der Waals surface area contributed by atoms with Crippen molar-refractivity contribution in [2.75, 3.05) is 10.6 Å². The number of carbonyl (C=O) groups is 1. The molecule has 0 unspecified atom stereocenters. The van der Waals surface area contributed by atoms with Gasteiger partial charge in [-0.3, -0.25) is 5.32 Å². The zero-order chi connectivity index (χ0) is 14.5. The number of anilines is 1. The lowest BCUT2D eigenvalue weighted by molar-refractivity contribution is 0.0636. The van der Waals surface area contributed by atoms with Crippen LogP contribution in [0.25, 0.3) is 0 Å². The zero-order valence-electron chi connectivity index (χ0n) is 11.5. The number of halogens is 1. The van der Waals surface area contributed by atoms with E-state index in [0.717, 1.165) is 23.7 Å². The van der Waals surface area contributed by atoms with E-state index in [4.69, 9.17) is 4.74 Å². The molecule has 0 fully saturated rings. The van der Waals surface area contributed by atoms with Crippen LogP contribution in [0.2, 0.25) is 0 Å². The molecule has 0 radical (unpaired) electrons. The Kier molecular flexibility index (Phi) is 5.66. The number of hydrogen-bond donors (Lipinski definition) is 2. The van der Waals surface area contributed by atoms with E-state index >= 15 is 0 Å². The van der Waals surface area contributed by atoms with E-state index in [-0.39, 0.29) is 5.75 Å². The average molecular weight is 330 g/mol. The minimum absolute atomic E-state index is 0.246. The molecule has 2 N–H and O–H groups in total. The highest BCUT2D eigenvalue weighted by molar-refractivity contribution is 9.09. The molecule has 5 heteroatoms. The summed E-state index contributed by atoms with van der Waals surface area (Å²) in [6, 6.07) is 5.00. The molecule has 4 nitrogen and oxygen atoms in total. The van der Waals surface area contributed by atoms with Gasteiger partial charge >= 0.3 is 6.09 Å². The number of nitrogens with one attached hydrogen (secondary N) is 1. The van der Waals surface area contributed by atoms with Crippen LogP contribution < -0.4 is 5.32 Å². The number of carbonyl (C=O) groups excluding carboxylic acids is 1. The quantitative estimate of drug-likeness (QED) is 0.646. The summed E-state index contributed by atoms with van der Waals surface area (Å²) >= 11 is 3.35. The van der Waals surface area contributed by atoms with E-state index in [9.17, 15) is 9.90 Å². The molecular formula is C14H20BrNO3. The Labute approximate surface area is 122 Å². The third kappa shape index (κ3) is 5.96. The number of benzene rings is 1. The van der Waals surface area contributed by atoms with Gasteiger partial charge in [0.1, 0.15) is 11.4 Å². The van der Waals surface area contributed by atoms with Crippen molar-refractivity contribution < 1.29 is 14.6 Å². The van der Waals surface area contributed by atoms with E-state index in [1.54, 1.807) is 18.2 Å². The average Bonchev–Trinajstić information content (AvgIpc) is 2.27. The van der Waals surface area contributed by atoms with Crippen molar-refractivity contribution in [1.82, 2.24) is 0 Å². The summed E-state index contributed by atoms with van der Waals surface area (Å²) < 4.78 is 5.17. The first-order chi connectivity index (χ1) is 8.81. The van der Waals surface area contributed by atoms with Crippen molar-refractivity contribution in [3.8, 4) is 5.75 Å². The van der Waals surface area contributed by atoms with Gasteiger partial charge in [-0.1, -0.05) is 15.9 Å². The highest BCUT2D eigenvalue weighted by Gasteiger charge is 2.16. The maximum atomic E-state index is 11.6. The second kappa shape index (κ2) is 6.80. The van der Waals surface area contributed by atoms with Crippen molar-refractivity contribution in [3.63, 3.8) is 0 Å². The van der Waals surface area contributed by atoms with Gasteiger partial charge in [0.25, 0.3) is 0 Å². The number of hydrogen-bond acceptors (Lipinski definition) is 3. The minimum Gasteiger partial charge on any atom is -0.508 e. The molecule has 1 aromatic rings. The molecule has 0 bridgehead atoms. The molecule has 0 saturated carbocycles. The lowest BCUT2D eigenvalue weighted by atomic mass is 10.1. The van der Waals surface area contributed by atoms with Gasteiger partial charge < -0.3 is 9.84 Å². The molecule has 0 aliphatic carbocycles. The number of rotatable bonds is 4. The molecule has 0 aliphatic heterocycles. The van der Waals surface area contributed by atoms with E-state index < -0.39 is 11.7 Å². The van der Waals surface area contributed by atoms with Gasteiger partial charge in [-0.2, -0.15) is 0 Å². The Hall–Kier alpha value is -1.23. The van der Waals surface area contributed by atoms with E-state index in [0.29, 0.717) is 5.69 Å². The lowest BCUT2D eigenvalue weighted by Crippen LogP contribution is -2.27. The van der Waals surface area contributed by atoms with Crippen LogP contribution in [0.1, 0.15) is 32.8 Å². The standard InChI is InChI=1S/C14H20BrNO3/c1-14(2,3)19-13(18)16-11-6-7-12(17)10(9-11)5-4-8-15/h6-7,9,17H,4-5,8H2,1-3H3,(H,16,18). The van der Waals surface area contributed by atoms with Crippen LogP contribution in [0, 0.1) is 0 Å². The Morgan fingerprint density at radius 1 is 1.42 bits per heavy atom. The molecule has 0 aromatic heterocycles. The first-order valence-corrected chi connectivity index (χ1v) is 7.32. The van der Waals surface area contributed by atoms with E-state index in [1.165, 1.54) is 0 Å². The van der Waals surface area contributed by atoms with Crippen molar-refractivity contribution in [1.29, 1.82) is 0 Å². The minimum atomic E-state index is -0.528. The molecule has 0 heterocycles. The molecular weight excluding hydrogens is 310 g/mol. The number of aryl methyl sites for hydroxylation is 1. The molecule has 19 heavy (non-hydrogen) atoms. The van der Waals surface area contributed by atoms with Crippen LogP contribution in [0.15, 0.2) is 18.2 Å². The predicted molar refractivity (Wildman–Crippen MR) is 80.1 cm³/mol. The molecule has 0 saturated heterocycles. The summed E-state index contributed by atoms with van der Waals surface area (Å²) in [5.41, 5.74) is 0.907. The van der Waals surface area contributed by atoms with Gasteiger partial charge in [-0.15, -0.1) is 0 Å².